The number of thiazole rings is 1. The van der Waals surface area contributed by atoms with Crippen LogP contribution in [0, 0.1) is 13.8 Å². The van der Waals surface area contributed by atoms with Crippen molar-refractivity contribution in [2.75, 3.05) is 5.32 Å². The fourth-order valence-electron chi connectivity index (χ4n) is 2.46. The van der Waals surface area contributed by atoms with Gasteiger partial charge in [0.15, 0.2) is 5.13 Å². The van der Waals surface area contributed by atoms with Crippen LogP contribution in [0.4, 0.5) is 18.3 Å². The van der Waals surface area contributed by atoms with Gasteiger partial charge in [-0.25, -0.2) is 4.98 Å². The van der Waals surface area contributed by atoms with Gasteiger partial charge in [-0.15, -0.1) is 11.3 Å². The summed E-state index contributed by atoms with van der Waals surface area (Å²) in [6.45, 7) is 3.99. The van der Waals surface area contributed by atoms with E-state index in [1.165, 1.54) is 23.5 Å². The number of alkyl halides is 3. The highest BCUT2D eigenvalue weighted by Gasteiger charge is 2.34. The number of rotatable bonds is 3. The van der Waals surface area contributed by atoms with E-state index in [-0.39, 0.29) is 5.13 Å². The van der Waals surface area contributed by atoms with Crippen LogP contribution in [-0.4, -0.2) is 10.9 Å². The highest BCUT2D eigenvalue weighted by Crippen LogP contribution is 2.32. The first kappa shape index (κ1) is 18.1. The van der Waals surface area contributed by atoms with E-state index in [2.05, 4.69) is 10.3 Å². The summed E-state index contributed by atoms with van der Waals surface area (Å²) >= 11 is 1.17. The number of carbonyl (C=O) groups excluding carboxylic acids is 1. The molecule has 0 fully saturated rings. The molecule has 0 spiro atoms. The van der Waals surface area contributed by atoms with Gasteiger partial charge < -0.3 is 0 Å². The Kier molecular flexibility index (Phi) is 4.82. The lowest BCUT2D eigenvalue weighted by molar-refractivity contribution is -0.137. The average molecular weight is 376 g/mol. The van der Waals surface area contributed by atoms with Gasteiger partial charge in [-0.1, -0.05) is 24.3 Å². The molecule has 1 aromatic heterocycles. The zero-order chi connectivity index (χ0) is 18.9. The predicted molar refractivity (Wildman–Crippen MR) is 96.4 cm³/mol. The number of amides is 1. The van der Waals surface area contributed by atoms with E-state index in [0.29, 0.717) is 5.69 Å². The van der Waals surface area contributed by atoms with Crippen molar-refractivity contribution >= 4 is 22.4 Å². The zero-order valence-electron chi connectivity index (χ0n) is 14.0. The number of nitrogens with zero attached hydrogens (tertiary/aromatic N) is 1. The molecule has 2 aromatic carbocycles. The Hall–Kier alpha value is -2.67. The summed E-state index contributed by atoms with van der Waals surface area (Å²) in [4.78, 5) is 16.6. The third kappa shape index (κ3) is 3.77. The van der Waals surface area contributed by atoms with Gasteiger partial charge in [0.2, 0.25) is 0 Å². The van der Waals surface area contributed by atoms with Gasteiger partial charge in [-0.05, 0) is 43.2 Å². The fraction of sp³-hybridized carbons (Fsp3) is 0.158. The molecule has 0 atom stereocenters. The number of aryl methyl sites for hydroxylation is 2. The second-order valence-electron chi connectivity index (χ2n) is 5.83. The molecule has 3 nitrogen and oxygen atoms in total. The molecular formula is C19H15F3N2OS. The molecule has 0 bridgehead atoms. The van der Waals surface area contributed by atoms with E-state index in [0.717, 1.165) is 28.8 Å². The summed E-state index contributed by atoms with van der Waals surface area (Å²) in [5, 5.41) is 4.46. The normalized spacial score (nSPS) is 11.4. The van der Waals surface area contributed by atoms with Crippen LogP contribution in [0.15, 0.2) is 47.8 Å². The highest BCUT2D eigenvalue weighted by molar-refractivity contribution is 7.14. The molecule has 0 saturated carbocycles. The third-order valence-corrected chi connectivity index (χ3v) is 4.76. The maximum atomic E-state index is 13.1. The van der Waals surface area contributed by atoms with Crippen molar-refractivity contribution in [1.29, 1.82) is 0 Å². The molecule has 0 radical (unpaired) electrons. The Morgan fingerprint density at radius 1 is 1.08 bits per heavy atom. The lowest BCUT2D eigenvalue weighted by atomic mass is 10.1. The largest absolute Gasteiger partial charge is 0.417 e. The number of nitrogens with one attached hydrogen (secondary N) is 1. The Labute approximate surface area is 152 Å². The summed E-state index contributed by atoms with van der Waals surface area (Å²) in [5.41, 5.74) is 2.42. The van der Waals surface area contributed by atoms with Crippen molar-refractivity contribution in [2.45, 2.75) is 20.0 Å². The quantitative estimate of drug-likeness (QED) is 0.637. The van der Waals surface area contributed by atoms with Gasteiger partial charge in [0.05, 0.1) is 16.8 Å². The molecule has 1 heterocycles. The lowest BCUT2D eigenvalue weighted by Crippen LogP contribution is -2.18. The topological polar surface area (TPSA) is 42.0 Å². The number of benzene rings is 2. The third-order valence-electron chi connectivity index (χ3n) is 4.00. The standard InChI is InChI=1S/C19H15F3N2OS/c1-11-7-8-13(9-12(11)2)16-10-26-18(23-16)24-17(25)14-5-3-4-6-15(14)19(20,21)22/h3-10H,1-2H3,(H,23,24,25). The van der Waals surface area contributed by atoms with Gasteiger partial charge in [-0.3, -0.25) is 10.1 Å². The lowest BCUT2D eigenvalue weighted by Gasteiger charge is -2.11. The van der Waals surface area contributed by atoms with Crippen LogP contribution in [0.5, 0.6) is 0 Å². The molecule has 0 aliphatic heterocycles. The summed E-state index contributed by atoms with van der Waals surface area (Å²) in [6, 6.07) is 10.6. The van der Waals surface area contributed by atoms with Crippen molar-refractivity contribution in [3.05, 3.63) is 70.1 Å². The van der Waals surface area contributed by atoms with E-state index in [9.17, 15) is 18.0 Å². The molecule has 3 rings (SSSR count). The number of halogens is 3. The Balaban J connectivity index is 1.84. The molecule has 26 heavy (non-hydrogen) atoms. The second kappa shape index (κ2) is 6.92. The minimum Gasteiger partial charge on any atom is -0.298 e. The van der Waals surface area contributed by atoms with Crippen molar-refractivity contribution in [3.8, 4) is 11.3 Å². The molecular weight excluding hydrogens is 361 g/mol. The Bertz CT molecular complexity index is 963. The van der Waals surface area contributed by atoms with Gasteiger partial charge in [0.1, 0.15) is 0 Å². The van der Waals surface area contributed by atoms with Crippen molar-refractivity contribution in [2.24, 2.45) is 0 Å². The van der Waals surface area contributed by atoms with E-state index in [4.69, 9.17) is 0 Å². The van der Waals surface area contributed by atoms with Crippen LogP contribution in [0.25, 0.3) is 11.3 Å². The van der Waals surface area contributed by atoms with E-state index in [1.54, 1.807) is 5.38 Å². The number of hydrogen-bond acceptors (Lipinski definition) is 3. The monoisotopic (exact) mass is 376 g/mol. The van der Waals surface area contributed by atoms with Crippen LogP contribution < -0.4 is 5.32 Å². The molecule has 1 amide bonds. The molecule has 0 unspecified atom stereocenters. The highest BCUT2D eigenvalue weighted by atomic mass is 32.1. The summed E-state index contributed by atoms with van der Waals surface area (Å²) < 4.78 is 39.2. The maximum Gasteiger partial charge on any atom is 0.417 e. The van der Waals surface area contributed by atoms with Gasteiger partial charge in [0.25, 0.3) is 5.91 Å². The first-order valence-corrected chi connectivity index (χ1v) is 8.64. The maximum absolute atomic E-state index is 13.1. The first-order chi connectivity index (χ1) is 12.3. The second-order valence-corrected chi connectivity index (χ2v) is 6.69. The minimum absolute atomic E-state index is 0.250. The van der Waals surface area contributed by atoms with Crippen LogP contribution in [0.2, 0.25) is 0 Å². The SMILES string of the molecule is Cc1ccc(-c2csc(NC(=O)c3ccccc3C(F)(F)F)n2)cc1C. The number of hydrogen-bond donors (Lipinski definition) is 1. The molecule has 3 aromatic rings. The molecule has 0 aliphatic rings. The van der Waals surface area contributed by atoms with Gasteiger partial charge >= 0.3 is 6.18 Å². The number of anilines is 1. The van der Waals surface area contributed by atoms with E-state index >= 15 is 0 Å². The summed E-state index contributed by atoms with van der Waals surface area (Å²) in [6.07, 6.45) is -4.60. The fourth-order valence-corrected chi connectivity index (χ4v) is 3.17. The zero-order valence-corrected chi connectivity index (χ0v) is 14.8. The summed E-state index contributed by atoms with van der Waals surface area (Å²) in [7, 11) is 0. The van der Waals surface area contributed by atoms with Crippen LogP contribution in [0.3, 0.4) is 0 Å². The first-order valence-electron chi connectivity index (χ1n) is 7.76. The van der Waals surface area contributed by atoms with Crippen LogP contribution in [0.1, 0.15) is 27.0 Å². The van der Waals surface area contributed by atoms with Crippen molar-refractivity contribution in [3.63, 3.8) is 0 Å². The molecule has 0 saturated heterocycles. The molecule has 134 valence electrons. The predicted octanol–water partition coefficient (Wildman–Crippen LogP) is 5.70. The van der Waals surface area contributed by atoms with Crippen LogP contribution in [-0.2, 0) is 6.18 Å². The Morgan fingerprint density at radius 2 is 1.81 bits per heavy atom. The van der Waals surface area contributed by atoms with Gasteiger partial charge in [0, 0.05) is 10.9 Å². The van der Waals surface area contributed by atoms with Crippen LogP contribution >= 0.6 is 11.3 Å². The average Bonchev–Trinajstić information content (AvgIpc) is 3.05. The smallest absolute Gasteiger partial charge is 0.298 e. The van der Waals surface area contributed by atoms with Crippen molar-refractivity contribution in [1.82, 2.24) is 4.98 Å². The van der Waals surface area contributed by atoms with Gasteiger partial charge in [-0.2, -0.15) is 13.2 Å². The minimum atomic E-state index is -4.60. The van der Waals surface area contributed by atoms with E-state index < -0.39 is 23.2 Å². The molecule has 7 heteroatoms. The van der Waals surface area contributed by atoms with E-state index in [1.807, 2.05) is 32.0 Å². The summed E-state index contributed by atoms with van der Waals surface area (Å²) in [5.74, 6) is -0.834. The molecule has 1 N–H and O–H groups in total. The Morgan fingerprint density at radius 3 is 2.50 bits per heavy atom. The number of aromatic nitrogens is 1. The van der Waals surface area contributed by atoms with Crippen molar-refractivity contribution < 1.29 is 18.0 Å². The number of carbonyl (C=O) groups is 1. The molecule has 0 aliphatic carbocycles.